The Morgan fingerprint density at radius 2 is 1.44 bits per heavy atom. The third-order valence-corrected chi connectivity index (χ3v) is 1.92. The van der Waals surface area contributed by atoms with Crippen molar-refractivity contribution in [1.82, 2.24) is 5.01 Å². The first-order valence-corrected chi connectivity index (χ1v) is 4.36. The summed E-state index contributed by atoms with van der Waals surface area (Å²) >= 11 is 0. The number of benzene rings is 1. The molecule has 0 fully saturated rings. The molecule has 0 heterocycles. The van der Waals surface area contributed by atoms with Crippen LogP contribution in [0, 0.1) is 29.1 Å². The van der Waals surface area contributed by atoms with Crippen molar-refractivity contribution in [3.63, 3.8) is 0 Å². The first-order valence-electron chi connectivity index (χ1n) is 4.36. The van der Waals surface area contributed by atoms with Crippen molar-refractivity contribution in [3.8, 4) is 0 Å². The van der Waals surface area contributed by atoms with Gasteiger partial charge in [0.15, 0.2) is 23.3 Å². The lowest BCUT2D eigenvalue weighted by molar-refractivity contribution is 0.220. The van der Waals surface area contributed by atoms with Crippen LogP contribution in [0.25, 0.3) is 0 Å². The number of carbonyl (C=O) groups is 1. The van der Waals surface area contributed by atoms with Gasteiger partial charge in [-0.15, -0.1) is 0 Å². The van der Waals surface area contributed by atoms with Crippen LogP contribution in [0.1, 0.15) is 5.56 Å². The van der Waals surface area contributed by atoms with E-state index in [1.54, 1.807) is 0 Å². The zero-order valence-electron chi connectivity index (χ0n) is 8.85. The van der Waals surface area contributed by atoms with E-state index in [-0.39, 0.29) is 0 Å². The van der Waals surface area contributed by atoms with Gasteiger partial charge in [-0.1, -0.05) is 0 Å². The summed E-state index contributed by atoms with van der Waals surface area (Å²) in [5, 5.41) is 3.58. The highest BCUT2D eigenvalue weighted by Gasteiger charge is 2.24. The second-order valence-electron chi connectivity index (χ2n) is 3.09. The monoisotopic (exact) mass is 267 g/mol. The molecule has 0 bridgehead atoms. The second kappa shape index (κ2) is 4.98. The molecular formula is C9H6F5N3O. The van der Waals surface area contributed by atoms with Gasteiger partial charge in [0, 0.05) is 7.05 Å². The lowest BCUT2D eigenvalue weighted by Crippen LogP contribution is -2.27. The molecule has 1 aromatic rings. The van der Waals surface area contributed by atoms with Crippen LogP contribution in [-0.4, -0.2) is 24.3 Å². The third-order valence-electron chi connectivity index (χ3n) is 1.92. The number of amides is 2. The summed E-state index contributed by atoms with van der Waals surface area (Å²) in [5.74, 6) is -10.6. The molecule has 0 spiro atoms. The highest BCUT2D eigenvalue weighted by molar-refractivity contribution is 5.82. The van der Waals surface area contributed by atoms with Gasteiger partial charge in [0.2, 0.25) is 5.82 Å². The molecule has 0 saturated carbocycles. The van der Waals surface area contributed by atoms with Crippen LogP contribution in [0.5, 0.6) is 0 Å². The molecule has 1 rings (SSSR count). The Bertz CT molecular complexity index is 502. The standard InChI is InChI=1S/C9H6F5N3O/c1-17(9(15)18)16-2-3-4(10)6(12)8(14)7(13)5(3)11/h2H,1H3,(H2,15,18). The molecule has 0 aromatic heterocycles. The molecule has 1 aromatic carbocycles. The van der Waals surface area contributed by atoms with Crippen molar-refractivity contribution in [2.45, 2.75) is 0 Å². The van der Waals surface area contributed by atoms with Crippen LogP contribution in [0.3, 0.4) is 0 Å². The average molecular weight is 267 g/mol. The van der Waals surface area contributed by atoms with Crippen molar-refractivity contribution in [2.24, 2.45) is 10.8 Å². The third kappa shape index (κ3) is 2.39. The van der Waals surface area contributed by atoms with E-state index in [1.165, 1.54) is 0 Å². The number of nitrogens with two attached hydrogens (primary N) is 1. The summed E-state index contributed by atoms with van der Waals surface area (Å²) in [7, 11) is 1.03. The molecule has 0 radical (unpaired) electrons. The molecule has 2 N–H and O–H groups in total. The van der Waals surface area contributed by atoms with Crippen LogP contribution in [0.4, 0.5) is 26.7 Å². The van der Waals surface area contributed by atoms with Gasteiger partial charge in [-0.2, -0.15) is 5.10 Å². The van der Waals surface area contributed by atoms with Gasteiger partial charge in [-0.05, 0) is 0 Å². The van der Waals surface area contributed by atoms with Gasteiger partial charge >= 0.3 is 6.03 Å². The quantitative estimate of drug-likeness (QED) is 0.286. The second-order valence-corrected chi connectivity index (χ2v) is 3.09. The average Bonchev–Trinajstić information content (AvgIpc) is 2.33. The van der Waals surface area contributed by atoms with E-state index >= 15 is 0 Å². The molecule has 98 valence electrons. The van der Waals surface area contributed by atoms with Crippen LogP contribution >= 0.6 is 0 Å². The summed E-state index contributed by atoms with van der Waals surface area (Å²) in [4.78, 5) is 10.5. The topological polar surface area (TPSA) is 58.7 Å². The molecule has 0 unspecified atom stereocenters. The molecule has 0 aliphatic carbocycles. The molecular weight excluding hydrogens is 261 g/mol. The van der Waals surface area contributed by atoms with Gasteiger partial charge in [0.25, 0.3) is 0 Å². The van der Waals surface area contributed by atoms with E-state index in [4.69, 9.17) is 5.73 Å². The maximum Gasteiger partial charge on any atom is 0.334 e. The minimum atomic E-state index is -2.27. The van der Waals surface area contributed by atoms with Gasteiger partial charge in [0.05, 0.1) is 11.8 Å². The molecule has 0 aliphatic heterocycles. The Labute approximate surface area is 97.5 Å². The summed E-state index contributed by atoms with van der Waals surface area (Å²) in [6, 6.07) is -1.07. The van der Waals surface area contributed by atoms with E-state index in [9.17, 15) is 26.7 Å². The fourth-order valence-corrected chi connectivity index (χ4v) is 0.936. The normalized spacial score (nSPS) is 11.0. The number of primary amides is 1. The zero-order valence-corrected chi connectivity index (χ0v) is 8.85. The first-order chi connectivity index (χ1) is 8.27. The van der Waals surface area contributed by atoms with Crippen molar-refractivity contribution < 1.29 is 26.7 Å². The zero-order chi connectivity index (χ0) is 14.0. The van der Waals surface area contributed by atoms with E-state index < -0.39 is 40.7 Å². The lowest BCUT2D eigenvalue weighted by Gasteiger charge is -2.07. The van der Waals surface area contributed by atoms with Crippen LogP contribution < -0.4 is 5.73 Å². The molecule has 0 saturated heterocycles. The van der Waals surface area contributed by atoms with Crippen LogP contribution in [0.2, 0.25) is 0 Å². The fraction of sp³-hybridized carbons (Fsp3) is 0.111. The summed E-state index contributed by atoms with van der Waals surface area (Å²) in [6.07, 6.45) is 0.307. The highest BCUT2D eigenvalue weighted by Crippen LogP contribution is 2.21. The number of hydrogen-bond donors (Lipinski definition) is 1. The minimum Gasteiger partial charge on any atom is -0.350 e. The summed E-state index contributed by atoms with van der Waals surface area (Å²) in [5.41, 5.74) is 3.47. The lowest BCUT2D eigenvalue weighted by atomic mass is 10.2. The van der Waals surface area contributed by atoms with Gasteiger partial charge in [-0.25, -0.2) is 31.8 Å². The van der Waals surface area contributed by atoms with Crippen LogP contribution in [0.15, 0.2) is 5.10 Å². The van der Waals surface area contributed by atoms with Crippen LogP contribution in [-0.2, 0) is 0 Å². The van der Waals surface area contributed by atoms with Gasteiger partial charge in [0.1, 0.15) is 0 Å². The molecule has 2 amide bonds. The molecule has 0 aliphatic rings. The SMILES string of the molecule is CN(N=Cc1c(F)c(F)c(F)c(F)c1F)C(N)=O. The van der Waals surface area contributed by atoms with E-state index in [0.29, 0.717) is 11.2 Å². The number of nitrogens with zero attached hydrogens (tertiary/aromatic N) is 2. The maximum absolute atomic E-state index is 13.1. The Balaban J connectivity index is 3.30. The fourth-order valence-electron chi connectivity index (χ4n) is 0.936. The van der Waals surface area contributed by atoms with Crippen molar-refractivity contribution in [3.05, 3.63) is 34.6 Å². The Morgan fingerprint density at radius 3 is 1.83 bits per heavy atom. The number of halogens is 5. The number of rotatable bonds is 2. The first kappa shape index (κ1) is 13.9. The highest BCUT2D eigenvalue weighted by atomic mass is 19.2. The number of urea groups is 1. The summed E-state index contributed by atoms with van der Waals surface area (Å²) in [6.45, 7) is 0. The molecule has 9 heteroatoms. The largest absolute Gasteiger partial charge is 0.350 e. The Morgan fingerprint density at radius 1 is 1.06 bits per heavy atom. The predicted molar refractivity (Wildman–Crippen MR) is 51.2 cm³/mol. The smallest absolute Gasteiger partial charge is 0.334 e. The van der Waals surface area contributed by atoms with Crippen molar-refractivity contribution >= 4 is 12.2 Å². The number of carbonyl (C=O) groups excluding carboxylic acids is 1. The predicted octanol–water partition coefficient (Wildman–Crippen LogP) is 1.73. The molecule has 0 atom stereocenters. The van der Waals surface area contributed by atoms with Crippen molar-refractivity contribution in [2.75, 3.05) is 7.05 Å². The van der Waals surface area contributed by atoms with Gasteiger partial charge in [-0.3, -0.25) is 0 Å². The van der Waals surface area contributed by atoms with Crippen molar-refractivity contribution in [1.29, 1.82) is 0 Å². The van der Waals surface area contributed by atoms with E-state index in [1.807, 2.05) is 0 Å². The Hall–Kier alpha value is -2.19. The molecule has 4 nitrogen and oxygen atoms in total. The Kier molecular flexibility index (Phi) is 3.84. The van der Waals surface area contributed by atoms with E-state index in [0.717, 1.165) is 7.05 Å². The number of hydrazone groups is 1. The number of hydrogen-bond acceptors (Lipinski definition) is 2. The van der Waals surface area contributed by atoms with Gasteiger partial charge < -0.3 is 5.73 Å². The molecule has 18 heavy (non-hydrogen) atoms. The van der Waals surface area contributed by atoms with E-state index in [2.05, 4.69) is 5.10 Å². The minimum absolute atomic E-state index is 0.307. The maximum atomic E-state index is 13.1. The summed E-state index contributed by atoms with van der Waals surface area (Å²) < 4.78 is 64.4.